The smallest absolute Gasteiger partial charge is 0.257 e. The number of anilines is 1. The van der Waals surface area contributed by atoms with Gasteiger partial charge in [0.25, 0.3) is 11.8 Å². The molecule has 8 heteroatoms. The van der Waals surface area contributed by atoms with Gasteiger partial charge in [-0.2, -0.15) is 0 Å². The van der Waals surface area contributed by atoms with E-state index in [0.29, 0.717) is 32.0 Å². The number of amides is 2. The molecule has 128 valence electrons. The van der Waals surface area contributed by atoms with E-state index in [0.717, 1.165) is 12.3 Å². The largest absolute Gasteiger partial charge is 0.322 e. The van der Waals surface area contributed by atoms with Crippen LogP contribution in [0.1, 0.15) is 20.7 Å². The number of hydrogen-bond acceptors (Lipinski definition) is 4. The van der Waals surface area contributed by atoms with Crippen LogP contribution in [0, 0.1) is 0 Å². The third-order valence-corrected chi connectivity index (χ3v) is 4.66. The molecule has 0 bridgehead atoms. The fourth-order valence-electron chi connectivity index (χ4n) is 2.17. The van der Waals surface area contributed by atoms with E-state index in [4.69, 9.17) is 23.2 Å². The molecular formula is C17H13Cl2N3O2S. The lowest BCUT2D eigenvalue weighted by molar-refractivity contribution is 0.0977. The summed E-state index contributed by atoms with van der Waals surface area (Å²) >= 11 is 13.3. The third kappa shape index (κ3) is 4.75. The summed E-state index contributed by atoms with van der Waals surface area (Å²) < 4.78 is 0. The summed E-state index contributed by atoms with van der Waals surface area (Å²) in [5.41, 5.74) is 1.40. The zero-order valence-electron chi connectivity index (χ0n) is 12.9. The molecule has 25 heavy (non-hydrogen) atoms. The Bertz CT molecular complexity index is 833. The second-order valence-corrected chi connectivity index (χ2v) is 7.14. The van der Waals surface area contributed by atoms with Gasteiger partial charge in [0.15, 0.2) is 5.17 Å². The van der Waals surface area contributed by atoms with E-state index in [-0.39, 0.29) is 11.8 Å². The molecule has 1 aliphatic rings. The average molecular weight is 394 g/mol. The number of halogens is 2. The minimum Gasteiger partial charge on any atom is -0.322 e. The Balaban J connectivity index is 1.65. The first-order valence-corrected chi connectivity index (χ1v) is 9.11. The zero-order chi connectivity index (χ0) is 17.8. The van der Waals surface area contributed by atoms with Gasteiger partial charge in [-0.15, -0.1) is 0 Å². The van der Waals surface area contributed by atoms with Gasteiger partial charge in [-0.25, -0.2) is 0 Å². The number of aliphatic imine (C=N–C) groups is 1. The topological polar surface area (TPSA) is 70.6 Å². The van der Waals surface area contributed by atoms with E-state index in [1.807, 2.05) is 0 Å². The molecule has 0 saturated carbocycles. The lowest BCUT2D eigenvalue weighted by Gasteiger charge is -2.08. The number of carbonyl (C=O) groups excluding carboxylic acids is 2. The number of carbonyl (C=O) groups is 2. The first-order chi connectivity index (χ1) is 12.0. The van der Waals surface area contributed by atoms with Gasteiger partial charge in [0, 0.05) is 32.6 Å². The summed E-state index contributed by atoms with van der Waals surface area (Å²) in [4.78, 5) is 28.5. The fourth-order valence-corrected chi connectivity index (χ4v) is 3.42. The predicted molar refractivity (Wildman–Crippen MR) is 103 cm³/mol. The van der Waals surface area contributed by atoms with Crippen LogP contribution in [0.3, 0.4) is 0 Å². The maximum absolute atomic E-state index is 12.2. The monoisotopic (exact) mass is 393 g/mol. The van der Waals surface area contributed by atoms with E-state index in [1.165, 1.54) is 23.9 Å². The third-order valence-electron chi connectivity index (χ3n) is 3.34. The van der Waals surface area contributed by atoms with Gasteiger partial charge in [-0.05, 0) is 42.5 Å². The molecule has 2 aromatic carbocycles. The molecule has 0 saturated heterocycles. The van der Waals surface area contributed by atoms with Gasteiger partial charge in [0.2, 0.25) is 0 Å². The van der Waals surface area contributed by atoms with Crippen LogP contribution in [-0.4, -0.2) is 29.3 Å². The highest BCUT2D eigenvalue weighted by Crippen LogP contribution is 2.20. The number of benzene rings is 2. The van der Waals surface area contributed by atoms with E-state index < -0.39 is 0 Å². The Morgan fingerprint density at radius 2 is 1.56 bits per heavy atom. The molecule has 2 amide bonds. The van der Waals surface area contributed by atoms with Crippen molar-refractivity contribution in [3.8, 4) is 0 Å². The standard InChI is InChI=1S/C17H13Cl2N3O2S/c18-12-7-11(8-13(19)9-12)16(24)21-14-3-1-10(2-4-14)15(23)22-17-20-5-6-25-17/h1-4,7-9H,5-6H2,(H,21,24)(H,20,22,23). The molecular weight excluding hydrogens is 381 g/mol. The summed E-state index contributed by atoms with van der Waals surface area (Å²) in [7, 11) is 0. The second kappa shape index (κ2) is 7.91. The zero-order valence-corrected chi connectivity index (χ0v) is 15.2. The number of nitrogens with one attached hydrogen (secondary N) is 2. The van der Waals surface area contributed by atoms with E-state index >= 15 is 0 Å². The van der Waals surface area contributed by atoms with E-state index in [1.54, 1.807) is 30.3 Å². The van der Waals surface area contributed by atoms with Gasteiger partial charge in [0.05, 0.1) is 6.54 Å². The van der Waals surface area contributed by atoms with Gasteiger partial charge in [-0.3, -0.25) is 14.6 Å². The minimum absolute atomic E-state index is 0.229. The molecule has 2 aromatic rings. The van der Waals surface area contributed by atoms with Crippen molar-refractivity contribution in [1.29, 1.82) is 0 Å². The van der Waals surface area contributed by atoms with Crippen LogP contribution in [0.4, 0.5) is 5.69 Å². The highest BCUT2D eigenvalue weighted by molar-refractivity contribution is 8.14. The highest BCUT2D eigenvalue weighted by Gasteiger charge is 2.13. The predicted octanol–water partition coefficient (Wildman–Crippen LogP) is 4.08. The second-order valence-electron chi connectivity index (χ2n) is 5.18. The number of hydrogen-bond donors (Lipinski definition) is 2. The SMILES string of the molecule is O=C(NC1=NCCS1)c1ccc(NC(=O)c2cc(Cl)cc(Cl)c2)cc1. The normalized spacial score (nSPS) is 13.3. The minimum atomic E-state index is -0.335. The maximum Gasteiger partial charge on any atom is 0.257 e. The van der Waals surface area contributed by atoms with Gasteiger partial charge < -0.3 is 10.6 Å². The summed E-state index contributed by atoms with van der Waals surface area (Å²) in [6.07, 6.45) is 0. The van der Waals surface area contributed by atoms with Crippen molar-refractivity contribution < 1.29 is 9.59 Å². The van der Waals surface area contributed by atoms with Crippen LogP contribution >= 0.6 is 35.0 Å². The molecule has 0 aromatic heterocycles. The van der Waals surface area contributed by atoms with Crippen LogP contribution in [0.2, 0.25) is 10.0 Å². The lowest BCUT2D eigenvalue weighted by Crippen LogP contribution is -2.27. The van der Waals surface area contributed by atoms with Gasteiger partial charge in [0.1, 0.15) is 0 Å². The Morgan fingerprint density at radius 1 is 0.920 bits per heavy atom. The van der Waals surface area contributed by atoms with E-state index in [9.17, 15) is 9.59 Å². The van der Waals surface area contributed by atoms with Crippen LogP contribution in [0.15, 0.2) is 47.5 Å². The Kier molecular flexibility index (Phi) is 5.63. The van der Waals surface area contributed by atoms with Crippen LogP contribution in [0.5, 0.6) is 0 Å². The van der Waals surface area contributed by atoms with Crippen molar-refractivity contribution in [2.24, 2.45) is 4.99 Å². The van der Waals surface area contributed by atoms with Gasteiger partial charge >= 0.3 is 0 Å². The Morgan fingerprint density at radius 3 is 2.16 bits per heavy atom. The summed E-state index contributed by atoms with van der Waals surface area (Å²) in [6.45, 7) is 0.721. The molecule has 0 fully saturated rings. The summed E-state index contributed by atoms with van der Waals surface area (Å²) in [5.74, 6) is 0.319. The summed E-state index contributed by atoms with van der Waals surface area (Å²) in [5, 5.41) is 6.90. The van der Waals surface area contributed by atoms with Crippen molar-refractivity contribution in [3.63, 3.8) is 0 Å². The molecule has 0 radical (unpaired) electrons. The van der Waals surface area contributed by atoms with Crippen LogP contribution in [0.25, 0.3) is 0 Å². The van der Waals surface area contributed by atoms with Gasteiger partial charge in [-0.1, -0.05) is 35.0 Å². The average Bonchev–Trinajstić information content (AvgIpc) is 3.07. The molecule has 0 atom stereocenters. The van der Waals surface area contributed by atoms with Crippen molar-refractivity contribution in [2.75, 3.05) is 17.6 Å². The highest BCUT2D eigenvalue weighted by atomic mass is 35.5. The summed E-state index contributed by atoms with van der Waals surface area (Å²) in [6, 6.07) is 11.2. The molecule has 0 unspecified atom stereocenters. The van der Waals surface area contributed by atoms with Crippen molar-refractivity contribution >= 4 is 57.6 Å². The quantitative estimate of drug-likeness (QED) is 0.824. The lowest BCUT2D eigenvalue weighted by atomic mass is 10.1. The Labute approximate surface area is 158 Å². The molecule has 0 aliphatic carbocycles. The number of thioether (sulfide) groups is 1. The van der Waals surface area contributed by atoms with Crippen molar-refractivity contribution in [3.05, 3.63) is 63.6 Å². The number of amidine groups is 1. The first kappa shape index (κ1) is 17.8. The molecule has 2 N–H and O–H groups in total. The molecule has 0 spiro atoms. The van der Waals surface area contributed by atoms with Crippen molar-refractivity contribution in [1.82, 2.24) is 5.32 Å². The molecule has 1 aliphatic heterocycles. The molecule has 1 heterocycles. The fraction of sp³-hybridized carbons (Fsp3) is 0.118. The van der Waals surface area contributed by atoms with Crippen LogP contribution < -0.4 is 10.6 Å². The number of nitrogens with zero attached hydrogens (tertiary/aromatic N) is 1. The Hall–Kier alpha value is -2.02. The van der Waals surface area contributed by atoms with Crippen LogP contribution in [-0.2, 0) is 0 Å². The maximum atomic E-state index is 12.2. The molecule has 5 nitrogen and oxygen atoms in total. The molecule has 3 rings (SSSR count). The van der Waals surface area contributed by atoms with E-state index in [2.05, 4.69) is 15.6 Å². The van der Waals surface area contributed by atoms with Crippen molar-refractivity contribution in [2.45, 2.75) is 0 Å². The first-order valence-electron chi connectivity index (χ1n) is 7.37. The number of rotatable bonds is 3.